The lowest BCUT2D eigenvalue weighted by molar-refractivity contribution is 0.181. The fourth-order valence-electron chi connectivity index (χ4n) is 2.25. The van der Waals surface area contributed by atoms with Crippen molar-refractivity contribution in [1.29, 1.82) is 0 Å². The highest BCUT2D eigenvalue weighted by Crippen LogP contribution is 2.22. The Bertz CT molecular complexity index is 668. The first-order chi connectivity index (χ1) is 9.96. The van der Waals surface area contributed by atoms with Gasteiger partial charge in [-0.25, -0.2) is 8.42 Å². The molecule has 1 fully saturated rings. The van der Waals surface area contributed by atoms with E-state index >= 15 is 0 Å². The van der Waals surface area contributed by atoms with Gasteiger partial charge in [0, 0.05) is 19.2 Å². The Morgan fingerprint density at radius 1 is 1.48 bits per heavy atom. The van der Waals surface area contributed by atoms with Gasteiger partial charge < -0.3 is 10.5 Å². The average molecular weight is 308 g/mol. The summed E-state index contributed by atoms with van der Waals surface area (Å²) in [5.74, 6) is 5.70. The van der Waals surface area contributed by atoms with Crippen LogP contribution in [0.3, 0.4) is 0 Å². The van der Waals surface area contributed by atoms with Crippen molar-refractivity contribution in [3.8, 4) is 11.8 Å². The van der Waals surface area contributed by atoms with Crippen molar-refractivity contribution in [3.63, 3.8) is 0 Å². The first-order valence-electron chi connectivity index (χ1n) is 6.82. The van der Waals surface area contributed by atoms with Gasteiger partial charge in [-0.1, -0.05) is 11.8 Å². The first kappa shape index (κ1) is 16.0. The SMILES string of the molecule is Cc1cc(S(=O)(=O)N(C)C2CCOC2)ccc1C#CCN. The van der Waals surface area contributed by atoms with Gasteiger partial charge in [-0.15, -0.1) is 0 Å². The Hall–Kier alpha value is -1.39. The largest absolute Gasteiger partial charge is 0.380 e. The Morgan fingerprint density at radius 3 is 2.81 bits per heavy atom. The summed E-state index contributed by atoms with van der Waals surface area (Å²) >= 11 is 0. The average Bonchev–Trinajstić information content (AvgIpc) is 2.99. The van der Waals surface area contributed by atoms with Crippen LogP contribution in [0.4, 0.5) is 0 Å². The zero-order valence-corrected chi connectivity index (χ0v) is 13.1. The lowest BCUT2D eigenvalue weighted by Gasteiger charge is -2.22. The molecule has 0 amide bonds. The summed E-state index contributed by atoms with van der Waals surface area (Å²) in [6.45, 7) is 3.19. The van der Waals surface area contributed by atoms with E-state index in [4.69, 9.17) is 10.5 Å². The van der Waals surface area contributed by atoms with Gasteiger partial charge in [-0.3, -0.25) is 0 Å². The van der Waals surface area contributed by atoms with Crippen LogP contribution in [0.25, 0.3) is 0 Å². The second kappa shape index (κ2) is 6.58. The topological polar surface area (TPSA) is 72.6 Å². The van der Waals surface area contributed by atoms with E-state index in [2.05, 4.69) is 11.8 Å². The lowest BCUT2D eigenvalue weighted by atomic mass is 10.1. The maximum absolute atomic E-state index is 12.6. The molecule has 0 bridgehead atoms. The zero-order chi connectivity index (χ0) is 15.5. The van der Waals surface area contributed by atoms with E-state index < -0.39 is 10.0 Å². The molecule has 2 rings (SSSR count). The van der Waals surface area contributed by atoms with Crippen LogP contribution in [0.15, 0.2) is 23.1 Å². The summed E-state index contributed by atoms with van der Waals surface area (Å²) in [7, 11) is -1.90. The van der Waals surface area contributed by atoms with E-state index in [0.29, 0.717) is 13.2 Å². The molecule has 1 saturated heterocycles. The fourth-order valence-corrected chi connectivity index (χ4v) is 3.71. The van der Waals surface area contributed by atoms with Crippen LogP contribution in [0, 0.1) is 18.8 Å². The highest BCUT2D eigenvalue weighted by Gasteiger charge is 2.30. The highest BCUT2D eigenvalue weighted by molar-refractivity contribution is 7.89. The molecule has 21 heavy (non-hydrogen) atoms. The lowest BCUT2D eigenvalue weighted by Crippen LogP contribution is -2.37. The van der Waals surface area contributed by atoms with Crippen LogP contribution in [0.1, 0.15) is 17.5 Å². The van der Waals surface area contributed by atoms with Gasteiger partial charge in [0.25, 0.3) is 0 Å². The molecule has 1 aliphatic rings. The van der Waals surface area contributed by atoms with Gasteiger partial charge in [-0.2, -0.15) is 4.31 Å². The standard InChI is InChI=1S/C15H20N2O3S/c1-12-10-15(6-5-13(12)4-3-8-16)21(18,19)17(2)14-7-9-20-11-14/h5-6,10,14H,7-9,11,16H2,1-2H3. The number of nitrogens with zero attached hydrogens (tertiary/aromatic N) is 1. The first-order valence-corrected chi connectivity index (χ1v) is 8.26. The van der Waals surface area contributed by atoms with Crippen LogP contribution in [-0.2, 0) is 14.8 Å². The molecule has 0 radical (unpaired) electrons. The molecule has 6 heteroatoms. The molecular formula is C15H20N2O3S. The van der Waals surface area contributed by atoms with Crippen LogP contribution >= 0.6 is 0 Å². The molecule has 1 aliphatic heterocycles. The summed E-state index contributed by atoms with van der Waals surface area (Å²) in [4.78, 5) is 0.285. The van der Waals surface area contributed by atoms with Gasteiger partial charge in [0.05, 0.1) is 24.1 Å². The summed E-state index contributed by atoms with van der Waals surface area (Å²) in [6, 6.07) is 4.88. The quantitative estimate of drug-likeness (QED) is 0.835. The molecule has 2 N–H and O–H groups in total. The Balaban J connectivity index is 2.30. The van der Waals surface area contributed by atoms with Crippen LogP contribution in [0.2, 0.25) is 0 Å². The number of likely N-dealkylation sites (N-methyl/N-ethyl adjacent to an activating group) is 1. The summed E-state index contributed by atoms with van der Waals surface area (Å²) < 4.78 is 31.9. The predicted molar refractivity (Wildman–Crippen MR) is 81.3 cm³/mol. The second-order valence-corrected chi connectivity index (χ2v) is 7.02. The number of benzene rings is 1. The zero-order valence-electron chi connectivity index (χ0n) is 12.3. The van der Waals surface area contributed by atoms with E-state index in [0.717, 1.165) is 17.5 Å². The monoisotopic (exact) mass is 308 g/mol. The number of aryl methyl sites for hydroxylation is 1. The minimum absolute atomic E-state index is 0.0907. The maximum Gasteiger partial charge on any atom is 0.243 e. The molecule has 5 nitrogen and oxygen atoms in total. The number of ether oxygens (including phenoxy) is 1. The molecule has 1 atom stereocenters. The third-order valence-electron chi connectivity index (χ3n) is 3.62. The van der Waals surface area contributed by atoms with Crippen molar-refractivity contribution in [2.75, 3.05) is 26.8 Å². The van der Waals surface area contributed by atoms with Gasteiger partial charge in [0.15, 0.2) is 0 Å². The smallest absolute Gasteiger partial charge is 0.243 e. The predicted octanol–water partition coefficient (Wildman–Crippen LogP) is 0.715. The molecule has 0 aliphatic carbocycles. The molecule has 0 saturated carbocycles. The van der Waals surface area contributed by atoms with Crippen molar-refractivity contribution in [2.45, 2.75) is 24.3 Å². The number of sulfonamides is 1. The van der Waals surface area contributed by atoms with E-state index in [9.17, 15) is 8.42 Å². The van der Waals surface area contributed by atoms with Gasteiger partial charge >= 0.3 is 0 Å². The minimum Gasteiger partial charge on any atom is -0.380 e. The molecule has 1 unspecified atom stereocenters. The van der Waals surface area contributed by atoms with Crippen LogP contribution in [-0.4, -0.2) is 45.6 Å². The second-order valence-electron chi connectivity index (χ2n) is 5.02. The van der Waals surface area contributed by atoms with Crippen molar-refractivity contribution >= 4 is 10.0 Å². The molecule has 0 spiro atoms. The fraction of sp³-hybridized carbons (Fsp3) is 0.467. The van der Waals surface area contributed by atoms with E-state index in [-0.39, 0.29) is 17.5 Å². The number of rotatable bonds is 3. The number of nitrogens with two attached hydrogens (primary N) is 1. The van der Waals surface area contributed by atoms with E-state index in [1.54, 1.807) is 25.2 Å². The third-order valence-corrected chi connectivity index (χ3v) is 5.53. The molecule has 1 aromatic carbocycles. The Morgan fingerprint density at radius 2 is 2.24 bits per heavy atom. The summed E-state index contributed by atoms with van der Waals surface area (Å²) in [5, 5.41) is 0. The number of hydrogen-bond donors (Lipinski definition) is 1. The highest BCUT2D eigenvalue weighted by atomic mass is 32.2. The molecule has 1 heterocycles. The van der Waals surface area contributed by atoms with E-state index in [1.807, 2.05) is 6.92 Å². The van der Waals surface area contributed by atoms with E-state index in [1.165, 1.54) is 4.31 Å². The molecular weight excluding hydrogens is 288 g/mol. The van der Waals surface area contributed by atoms with Crippen molar-refractivity contribution in [2.24, 2.45) is 5.73 Å². The third kappa shape index (κ3) is 3.44. The van der Waals surface area contributed by atoms with Gasteiger partial charge in [-0.05, 0) is 37.1 Å². The minimum atomic E-state index is -3.50. The number of hydrogen-bond acceptors (Lipinski definition) is 4. The van der Waals surface area contributed by atoms with Crippen molar-refractivity contribution in [1.82, 2.24) is 4.31 Å². The summed E-state index contributed by atoms with van der Waals surface area (Å²) in [5.41, 5.74) is 6.97. The Kier molecular flexibility index (Phi) is 5.01. The van der Waals surface area contributed by atoms with Gasteiger partial charge in [0.1, 0.15) is 0 Å². The molecule has 1 aromatic rings. The van der Waals surface area contributed by atoms with Crippen molar-refractivity contribution in [3.05, 3.63) is 29.3 Å². The Labute approximate surface area is 126 Å². The summed E-state index contributed by atoms with van der Waals surface area (Å²) in [6.07, 6.45) is 0.731. The maximum atomic E-state index is 12.6. The van der Waals surface area contributed by atoms with Gasteiger partial charge in [0.2, 0.25) is 10.0 Å². The van der Waals surface area contributed by atoms with Crippen LogP contribution < -0.4 is 5.73 Å². The normalized spacial score (nSPS) is 18.6. The van der Waals surface area contributed by atoms with Crippen molar-refractivity contribution < 1.29 is 13.2 Å². The molecule has 0 aromatic heterocycles. The molecule has 114 valence electrons. The van der Waals surface area contributed by atoms with Crippen LogP contribution in [0.5, 0.6) is 0 Å².